The highest BCUT2D eigenvalue weighted by Gasteiger charge is 2.21. The lowest BCUT2D eigenvalue weighted by atomic mass is 10.0. The van der Waals surface area contributed by atoms with Crippen LogP contribution in [0.3, 0.4) is 0 Å². The van der Waals surface area contributed by atoms with E-state index in [9.17, 15) is 5.11 Å². The van der Waals surface area contributed by atoms with Crippen molar-refractivity contribution >= 4 is 11.5 Å². The van der Waals surface area contributed by atoms with Crippen LogP contribution in [0.15, 0.2) is 42.6 Å². The van der Waals surface area contributed by atoms with Crippen molar-refractivity contribution in [1.82, 2.24) is 9.88 Å². The lowest BCUT2D eigenvalue weighted by Crippen LogP contribution is -2.47. The van der Waals surface area contributed by atoms with Crippen molar-refractivity contribution < 1.29 is 5.11 Å². The number of piperazine rings is 1. The molecule has 3 heterocycles. The van der Waals surface area contributed by atoms with E-state index in [-0.39, 0.29) is 0 Å². The van der Waals surface area contributed by atoms with Gasteiger partial charge in [-0.25, -0.2) is 4.98 Å². The summed E-state index contributed by atoms with van der Waals surface area (Å²) in [5, 5.41) is 14.0. The first kappa shape index (κ1) is 15.4. The number of hydrogen-bond donors (Lipinski definition) is 2. The molecule has 5 heteroatoms. The van der Waals surface area contributed by atoms with E-state index in [0.29, 0.717) is 6.54 Å². The quantitative estimate of drug-likeness (QED) is 0.900. The van der Waals surface area contributed by atoms with Crippen molar-refractivity contribution in [2.45, 2.75) is 12.5 Å². The van der Waals surface area contributed by atoms with Crippen molar-refractivity contribution in [3.05, 3.63) is 53.7 Å². The molecule has 0 radical (unpaired) electrons. The van der Waals surface area contributed by atoms with Crippen LogP contribution < -0.4 is 10.2 Å². The van der Waals surface area contributed by atoms with Gasteiger partial charge in [0.25, 0.3) is 0 Å². The third kappa shape index (κ3) is 3.23. The number of nitrogens with one attached hydrogen (secondary N) is 1. The van der Waals surface area contributed by atoms with Gasteiger partial charge in [-0.05, 0) is 35.7 Å². The second-order valence-corrected chi connectivity index (χ2v) is 6.58. The number of aliphatic hydroxyl groups is 1. The van der Waals surface area contributed by atoms with E-state index in [1.165, 1.54) is 11.3 Å². The molecule has 1 aromatic carbocycles. The van der Waals surface area contributed by atoms with Gasteiger partial charge in [0.1, 0.15) is 5.82 Å². The van der Waals surface area contributed by atoms with Crippen LogP contribution in [-0.2, 0) is 6.42 Å². The van der Waals surface area contributed by atoms with E-state index in [1.54, 1.807) is 0 Å². The third-order valence-corrected chi connectivity index (χ3v) is 5.00. The second kappa shape index (κ2) is 6.79. The topological polar surface area (TPSA) is 51.6 Å². The van der Waals surface area contributed by atoms with Gasteiger partial charge in [0.2, 0.25) is 0 Å². The lowest BCUT2D eigenvalue weighted by molar-refractivity contribution is 0.109. The van der Waals surface area contributed by atoms with Gasteiger partial charge >= 0.3 is 0 Å². The Hall–Kier alpha value is -2.11. The highest BCUT2D eigenvalue weighted by molar-refractivity contribution is 5.56. The maximum absolute atomic E-state index is 10.6. The van der Waals surface area contributed by atoms with E-state index in [2.05, 4.69) is 38.3 Å². The smallest absolute Gasteiger partial charge is 0.128 e. The number of rotatable bonds is 4. The number of anilines is 2. The molecule has 1 fully saturated rings. The summed E-state index contributed by atoms with van der Waals surface area (Å²) in [6.45, 7) is 5.53. The van der Waals surface area contributed by atoms with Gasteiger partial charge < -0.3 is 15.3 Å². The molecule has 0 amide bonds. The highest BCUT2D eigenvalue weighted by Crippen LogP contribution is 2.26. The van der Waals surface area contributed by atoms with E-state index < -0.39 is 6.10 Å². The van der Waals surface area contributed by atoms with Gasteiger partial charge in [0.15, 0.2) is 0 Å². The molecule has 2 aliphatic rings. The molecule has 2 aromatic rings. The minimum absolute atomic E-state index is 0.419. The van der Waals surface area contributed by atoms with Gasteiger partial charge in [-0.3, -0.25) is 4.90 Å². The Morgan fingerprint density at radius 2 is 2.00 bits per heavy atom. The molecule has 2 N–H and O–H groups in total. The number of nitrogens with zero attached hydrogens (tertiary/aromatic N) is 3. The molecule has 2 aliphatic heterocycles. The summed E-state index contributed by atoms with van der Waals surface area (Å²) in [5.74, 6) is 1.05. The number of pyridine rings is 1. The van der Waals surface area contributed by atoms with Crippen molar-refractivity contribution in [3.63, 3.8) is 0 Å². The highest BCUT2D eigenvalue weighted by atomic mass is 16.3. The first-order valence-corrected chi connectivity index (χ1v) is 8.73. The molecule has 0 saturated carbocycles. The summed E-state index contributed by atoms with van der Waals surface area (Å²) in [6.07, 6.45) is 2.48. The number of aromatic nitrogens is 1. The summed E-state index contributed by atoms with van der Waals surface area (Å²) < 4.78 is 0. The summed E-state index contributed by atoms with van der Waals surface area (Å²) in [4.78, 5) is 9.07. The first-order valence-electron chi connectivity index (χ1n) is 8.73. The fraction of sp³-hybridized carbons (Fsp3) is 0.421. The molecule has 126 valence electrons. The molecule has 0 bridgehead atoms. The van der Waals surface area contributed by atoms with Crippen molar-refractivity contribution in [2.75, 3.05) is 49.5 Å². The Morgan fingerprint density at radius 3 is 2.79 bits per heavy atom. The Balaban J connectivity index is 1.33. The number of β-amino-alcohol motifs (C(OH)–C–C–N with tert-alkyl or cyclic N) is 1. The predicted molar refractivity (Wildman–Crippen MR) is 96.5 cm³/mol. The van der Waals surface area contributed by atoms with E-state index >= 15 is 0 Å². The molecule has 0 spiro atoms. The summed E-state index contributed by atoms with van der Waals surface area (Å²) >= 11 is 0. The van der Waals surface area contributed by atoms with Crippen LogP contribution in [0.4, 0.5) is 11.5 Å². The van der Waals surface area contributed by atoms with Gasteiger partial charge in [-0.2, -0.15) is 0 Å². The average molecular weight is 324 g/mol. The largest absolute Gasteiger partial charge is 0.387 e. The van der Waals surface area contributed by atoms with Crippen LogP contribution in [0.5, 0.6) is 0 Å². The first-order chi connectivity index (χ1) is 11.8. The van der Waals surface area contributed by atoms with Crippen LogP contribution in [-0.4, -0.2) is 54.3 Å². The molecule has 1 aromatic heterocycles. The van der Waals surface area contributed by atoms with Crippen LogP contribution in [0.25, 0.3) is 0 Å². The molecular weight excluding hydrogens is 300 g/mol. The minimum Gasteiger partial charge on any atom is -0.387 e. The minimum atomic E-state index is -0.419. The number of aliphatic hydroxyl groups excluding tert-OH is 1. The molecule has 1 saturated heterocycles. The van der Waals surface area contributed by atoms with Gasteiger partial charge in [0.05, 0.1) is 6.10 Å². The van der Waals surface area contributed by atoms with Crippen LogP contribution in [0, 0.1) is 0 Å². The molecule has 1 atom stereocenters. The molecular formula is C19H24N4O. The zero-order valence-electron chi connectivity index (χ0n) is 13.9. The van der Waals surface area contributed by atoms with Crippen molar-refractivity contribution in [1.29, 1.82) is 0 Å². The van der Waals surface area contributed by atoms with Crippen molar-refractivity contribution in [2.24, 2.45) is 0 Å². The molecule has 1 unspecified atom stereocenters. The monoisotopic (exact) mass is 324 g/mol. The molecule has 4 rings (SSSR count). The van der Waals surface area contributed by atoms with E-state index in [1.807, 2.05) is 24.4 Å². The summed E-state index contributed by atoms with van der Waals surface area (Å²) in [6, 6.07) is 12.3. The number of fused-ring (bicyclic) bond motifs is 1. The Kier molecular flexibility index (Phi) is 4.36. The SMILES string of the molecule is OC(CN1CCN(c2ccccn2)CC1)c1ccc2c(c1)CCN2. The molecule has 24 heavy (non-hydrogen) atoms. The maximum Gasteiger partial charge on any atom is 0.128 e. The fourth-order valence-corrected chi connectivity index (χ4v) is 3.58. The van der Waals surface area contributed by atoms with E-state index in [0.717, 1.165) is 50.5 Å². The normalized spacial score (nSPS) is 19.0. The molecule has 5 nitrogen and oxygen atoms in total. The zero-order chi connectivity index (χ0) is 16.4. The van der Waals surface area contributed by atoms with Gasteiger partial charge in [-0.15, -0.1) is 0 Å². The van der Waals surface area contributed by atoms with Crippen LogP contribution in [0.2, 0.25) is 0 Å². The van der Waals surface area contributed by atoms with Crippen LogP contribution >= 0.6 is 0 Å². The van der Waals surface area contributed by atoms with Crippen LogP contribution in [0.1, 0.15) is 17.2 Å². The Labute approximate surface area is 142 Å². The number of hydrogen-bond acceptors (Lipinski definition) is 5. The summed E-state index contributed by atoms with van der Waals surface area (Å²) in [7, 11) is 0. The van der Waals surface area contributed by atoms with Crippen molar-refractivity contribution in [3.8, 4) is 0 Å². The zero-order valence-corrected chi connectivity index (χ0v) is 13.9. The predicted octanol–water partition coefficient (Wildman–Crippen LogP) is 1.91. The standard InChI is InChI=1S/C19H24N4O/c24-18(16-4-5-17-15(13-16)6-8-20-17)14-22-9-11-23(12-10-22)19-3-1-2-7-21-19/h1-5,7,13,18,20,24H,6,8-12,14H2. The number of benzene rings is 1. The van der Waals surface area contributed by atoms with Gasteiger partial charge in [-0.1, -0.05) is 18.2 Å². The van der Waals surface area contributed by atoms with E-state index in [4.69, 9.17) is 0 Å². The second-order valence-electron chi connectivity index (χ2n) is 6.58. The maximum atomic E-state index is 10.6. The Bertz CT molecular complexity index is 683. The summed E-state index contributed by atoms with van der Waals surface area (Å²) in [5.41, 5.74) is 3.58. The molecule has 0 aliphatic carbocycles. The fourth-order valence-electron chi connectivity index (χ4n) is 3.58. The Morgan fingerprint density at radius 1 is 1.12 bits per heavy atom. The average Bonchev–Trinajstić information content (AvgIpc) is 3.11. The van der Waals surface area contributed by atoms with Gasteiger partial charge in [0, 0.05) is 51.2 Å². The third-order valence-electron chi connectivity index (χ3n) is 5.00. The lowest BCUT2D eigenvalue weighted by Gasteiger charge is -2.36.